The Labute approximate surface area is 65.8 Å². The summed E-state index contributed by atoms with van der Waals surface area (Å²) in [5.41, 5.74) is 0. The molecule has 0 saturated heterocycles. The number of thioether (sulfide) groups is 1. The van der Waals surface area contributed by atoms with Gasteiger partial charge in [-0.3, -0.25) is 0 Å². The topological polar surface area (TPSA) is 20.2 Å². The molecule has 0 radical (unpaired) electrons. The van der Waals surface area contributed by atoms with Crippen LogP contribution in [0.2, 0.25) is 0 Å². The minimum absolute atomic E-state index is 0.134. The first-order chi connectivity index (χ1) is 4.09. The van der Waals surface area contributed by atoms with Crippen LogP contribution in [0.5, 0.6) is 0 Å². The van der Waals surface area contributed by atoms with E-state index in [9.17, 15) is 0 Å². The lowest BCUT2D eigenvalue weighted by atomic mass is 10.1. The number of hydrogen-bond donors (Lipinski definition) is 1. The van der Waals surface area contributed by atoms with Crippen LogP contribution in [0, 0.1) is 5.92 Å². The van der Waals surface area contributed by atoms with E-state index in [1.54, 1.807) is 6.92 Å². The van der Waals surface area contributed by atoms with Gasteiger partial charge in [0.25, 0.3) is 0 Å². The molecule has 0 heterocycles. The SMILES string of the molecule is CSC(=S)[C@@H](C)[C@H](C)O. The van der Waals surface area contributed by atoms with Gasteiger partial charge in [-0.1, -0.05) is 19.1 Å². The van der Waals surface area contributed by atoms with Crippen LogP contribution in [0.4, 0.5) is 0 Å². The molecule has 0 saturated carbocycles. The van der Waals surface area contributed by atoms with Crippen LogP contribution in [-0.2, 0) is 0 Å². The van der Waals surface area contributed by atoms with Crippen molar-refractivity contribution in [2.45, 2.75) is 20.0 Å². The fourth-order valence-electron chi connectivity index (χ4n) is 0.383. The Kier molecular flexibility index (Phi) is 4.44. The fourth-order valence-corrected chi connectivity index (χ4v) is 1.15. The van der Waals surface area contributed by atoms with Crippen molar-refractivity contribution in [1.29, 1.82) is 0 Å². The molecule has 54 valence electrons. The summed E-state index contributed by atoms with van der Waals surface area (Å²) in [5, 5.41) is 9.02. The van der Waals surface area contributed by atoms with Gasteiger partial charge in [-0.2, -0.15) is 0 Å². The van der Waals surface area contributed by atoms with Gasteiger partial charge < -0.3 is 5.11 Å². The minimum atomic E-state index is -0.315. The van der Waals surface area contributed by atoms with E-state index in [4.69, 9.17) is 17.3 Å². The van der Waals surface area contributed by atoms with E-state index in [2.05, 4.69) is 0 Å². The van der Waals surface area contributed by atoms with Crippen LogP contribution in [0.15, 0.2) is 0 Å². The lowest BCUT2D eigenvalue weighted by Crippen LogP contribution is -2.18. The van der Waals surface area contributed by atoms with Gasteiger partial charge in [-0.05, 0) is 13.2 Å². The zero-order chi connectivity index (χ0) is 7.44. The molecule has 2 atom stereocenters. The quantitative estimate of drug-likeness (QED) is 0.627. The van der Waals surface area contributed by atoms with Gasteiger partial charge in [0.2, 0.25) is 0 Å². The second-order valence-electron chi connectivity index (χ2n) is 2.05. The van der Waals surface area contributed by atoms with Crippen molar-refractivity contribution in [3.63, 3.8) is 0 Å². The van der Waals surface area contributed by atoms with Crippen LogP contribution in [0.25, 0.3) is 0 Å². The molecule has 1 nitrogen and oxygen atoms in total. The molecule has 1 N–H and O–H groups in total. The van der Waals surface area contributed by atoms with E-state index < -0.39 is 0 Å². The summed E-state index contributed by atoms with van der Waals surface area (Å²) in [5.74, 6) is 0.134. The maximum atomic E-state index is 9.02. The molecule has 0 unspecified atom stereocenters. The molecule has 0 aromatic rings. The first kappa shape index (κ1) is 9.40. The van der Waals surface area contributed by atoms with Gasteiger partial charge in [0, 0.05) is 5.92 Å². The highest BCUT2D eigenvalue weighted by Gasteiger charge is 2.12. The maximum Gasteiger partial charge on any atom is 0.0591 e. The van der Waals surface area contributed by atoms with Crippen LogP contribution in [-0.4, -0.2) is 21.7 Å². The lowest BCUT2D eigenvalue weighted by Gasteiger charge is -2.12. The van der Waals surface area contributed by atoms with Crippen LogP contribution in [0.1, 0.15) is 13.8 Å². The van der Waals surface area contributed by atoms with Gasteiger partial charge in [-0.25, -0.2) is 0 Å². The lowest BCUT2D eigenvalue weighted by molar-refractivity contribution is 0.167. The highest BCUT2D eigenvalue weighted by Crippen LogP contribution is 2.13. The minimum Gasteiger partial charge on any atom is -0.393 e. The molecular formula is C6H12OS2. The zero-order valence-corrected chi connectivity index (χ0v) is 7.55. The van der Waals surface area contributed by atoms with E-state index in [1.165, 1.54) is 11.8 Å². The number of rotatable bonds is 2. The first-order valence-corrected chi connectivity index (χ1v) is 4.48. The summed E-state index contributed by atoms with van der Waals surface area (Å²) in [6, 6.07) is 0. The van der Waals surface area contributed by atoms with E-state index in [0.29, 0.717) is 0 Å². The van der Waals surface area contributed by atoms with E-state index in [-0.39, 0.29) is 12.0 Å². The predicted octanol–water partition coefficient (Wildman–Crippen LogP) is 1.69. The first-order valence-electron chi connectivity index (χ1n) is 2.85. The Bertz CT molecular complexity index is 101. The summed E-state index contributed by atoms with van der Waals surface area (Å²) < 4.78 is 0.880. The smallest absolute Gasteiger partial charge is 0.0591 e. The Hall–Kier alpha value is 0.400. The Morgan fingerprint density at radius 1 is 1.56 bits per heavy atom. The summed E-state index contributed by atoms with van der Waals surface area (Å²) in [4.78, 5) is 0. The van der Waals surface area contributed by atoms with Crippen molar-refractivity contribution >= 4 is 28.2 Å². The molecule has 9 heavy (non-hydrogen) atoms. The molecule has 0 bridgehead atoms. The van der Waals surface area contributed by atoms with Crippen molar-refractivity contribution < 1.29 is 5.11 Å². The third-order valence-corrected chi connectivity index (χ3v) is 2.94. The molecular weight excluding hydrogens is 152 g/mol. The molecule has 0 fully saturated rings. The monoisotopic (exact) mass is 164 g/mol. The third kappa shape index (κ3) is 3.18. The molecule has 0 aliphatic carbocycles. The van der Waals surface area contributed by atoms with E-state index in [1.807, 2.05) is 13.2 Å². The molecule has 0 aliphatic heterocycles. The molecule has 0 aromatic heterocycles. The van der Waals surface area contributed by atoms with Crippen molar-refractivity contribution in [3.05, 3.63) is 0 Å². The average molecular weight is 164 g/mol. The molecule has 0 rings (SSSR count). The molecule has 3 heteroatoms. The van der Waals surface area contributed by atoms with Crippen LogP contribution in [0.3, 0.4) is 0 Å². The fraction of sp³-hybridized carbons (Fsp3) is 0.833. The van der Waals surface area contributed by atoms with Gasteiger partial charge in [-0.15, -0.1) is 11.8 Å². The number of hydrogen-bond acceptors (Lipinski definition) is 3. The Balaban J connectivity index is 3.72. The van der Waals surface area contributed by atoms with Crippen LogP contribution >= 0.6 is 24.0 Å². The largest absolute Gasteiger partial charge is 0.393 e. The molecule has 0 aliphatic rings. The van der Waals surface area contributed by atoms with Gasteiger partial charge in [0.1, 0.15) is 0 Å². The molecule has 0 spiro atoms. The maximum absolute atomic E-state index is 9.02. The zero-order valence-electron chi connectivity index (χ0n) is 5.92. The van der Waals surface area contributed by atoms with Crippen molar-refractivity contribution in [2.75, 3.05) is 6.26 Å². The summed E-state index contributed by atoms with van der Waals surface area (Å²) in [7, 11) is 0. The van der Waals surface area contributed by atoms with Crippen LogP contribution < -0.4 is 0 Å². The second-order valence-corrected chi connectivity index (χ2v) is 3.60. The molecule has 0 amide bonds. The molecule has 0 aromatic carbocycles. The third-order valence-electron chi connectivity index (χ3n) is 1.30. The standard InChI is InChI=1S/C6H12OS2/c1-4(5(2)7)6(8)9-3/h4-5,7H,1-3H3/t4-,5-/m0/s1. The summed E-state index contributed by atoms with van der Waals surface area (Å²) in [6.07, 6.45) is 1.62. The highest BCUT2D eigenvalue weighted by atomic mass is 32.2. The van der Waals surface area contributed by atoms with Crippen molar-refractivity contribution in [1.82, 2.24) is 0 Å². The van der Waals surface area contributed by atoms with Gasteiger partial charge >= 0.3 is 0 Å². The summed E-state index contributed by atoms with van der Waals surface area (Å²) >= 11 is 6.49. The summed E-state index contributed by atoms with van der Waals surface area (Å²) in [6.45, 7) is 3.69. The Morgan fingerprint density at radius 3 is 2.11 bits per heavy atom. The number of aliphatic hydroxyl groups is 1. The highest BCUT2D eigenvalue weighted by molar-refractivity contribution is 8.22. The van der Waals surface area contributed by atoms with E-state index >= 15 is 0 Å². The predicted molar refractivity (Wildman–Crippen MR) is 47.0 cm³/mol. The number of thiocarbonyl (C=S) groups is 1. The van der Waals surface area contributed by atoms with E-state index in [0.717, 1.165) is 4.20 Å². The van der Waals surface area contributed by atoms with Crippen molar-refractivity contribution in [2.24, 2.45) is 5.92 Å². The normalized spacial score (nSPS) is 16.9. The van der Waals surface area contributed by atoms with Crippen molar-refractivity contribution in [3.8, 4) is 0 Å². The van der Waals surface area contributed by atoms with Gasteiger partial charge in [0.15, 0.2) is 0 Å². The Morgan fingerprint density at radius 2 is 2.00 bits per heavy atom. The number of aliphatic hydroxyl groups excluding tert-OH is 1. The van der Waals surface area contributed by atoms with Gasteiger partial charge in [0.05, 0.1) is 10.3 Å². The second kappa shape index (κ2) is 4.25. The average Bonchev–Trinajstić information content (AvgIpc) is 1.84.